The molecule has 0 aliphatic heterocycles. The van der Waals surface area contributed by atoms with Crippen molar-refractivity contribution < 1.29 is 4.79 Å². The van der Waals surface area contributed by atoms with E-state index in [0.29, 0.717) is 6.42 Å². The van der Waals surface area contributed by atoms with E-state index in [2.05, 4.69) is 6.92 Å². The molecule has 1 aliphatic carbocycles. The second-order valence-electron chi connectivity index (χ2n) is 5.12. The van der Waals surface area contributed by atoms with Crippen molar-refractivity contribution in [3.8, 4) is 0 Å². The van der Waals surface area contributed by atoms with Gasteiger partial charge in [-0.05, 0) is 49.8 Å². The number of nitrogen functional groups attached to an aromatic ring is 1. The highest BCUT2D eigenvalue weighted by Gasteiger charge is 2.25. The first-order valence-corrected chi connectivity index (χ1v) is 6.81. The van der Waals surface area contributed by atoms with E-state index in [4.69, 9.17) is 5.73 Å². The smallest absolute Gasteiger partial charge is 0.222 e. The van der Waals surface area contributed by atoms with E-state index in [1.54, 1.807) is 0 Å². The molecule has 0 aromatic heterocycles. The lowest BCUT2D eigenvalue weighted by atomic mass is 10.1. The van der Waals surface area contributed by atoms with Crippen molar-refractivity contribution in [2.45, 2.75) is 32.6 Å². The first kappa shape index (κ1) is 12.9. The molecule has 0 radical (unpaired) electrons. The van der Waals surface area contributed by atoms with Gasteiger partial charge in [-0.15, -0.1) is 0 Å². The van der Waals surface area contributed by atoms with Crippen LogP contribution >= 0.6 is 0 Å². The van der Waals surface area contributed by atoms with E-state index >= 15 is 0 Å². The Kier molecular flexibility index (Phi) is 4.24. The zero-order valence-corrected chi connectivity index (χ0v) is 11.1. The Balaban J connectivity index is 1.82. The van der Waals surface area contributed by atoms with Crippen LogP contribution in [0.2, 0.25) is 0 Å². The molecule has 0 saturated heterocycles. The average Bonchev–Trinajstić information content (AvgIpc) is 3.17. The molecule has 0 spiro atoms. The monoisotopic (exact) mass is 246 g/mol. The van der Waals surface area contributed by atoms with Gasteiger partial charge in [0.1, 0.15) is 0 Å². The topological polar surface area (TPSA) is 46.3 Å². The summed E-state index contributed by atoms with van der Waals surface area (Å²) >= 11 is 0. The largest absolute Gasteiger partial charge is 0.399 e. The van der Waals surface area contributed by atoms with Crippen LogP contribution < -0.4 is 5.73 Å². The maximum atomic E-state index is 12.1. The average molecular weight is 246 g/mol. The summed E-state index contributed by atoms with van der Waals surface area (Å²) in [6.45, 7) is 3.83. The predicted molar refractivity (Wildman–Crippen MR) is 74.2 cm³/mol. The quantitative estimate of drug-likeness (QED) is 0.784. The minimum absolute atomic E-state index is 0.270. The highest BCUT2D eigenvalue weighted by atomic mass is 16.2. The number of carbonyl (C=O) groups is 1. The molecule has 0 unspecified atom stereocenters. The molecule has 1 saturated carbocycles. The Hall–Kier alpha value is -1.51. The number of amides is 1. The van der Waals surface area contributed by atoms with Gasteiger partial charge in [-0.25, -0.2) is 0 Å². The number of nitrogens with zero attached hydrogens (tertiary/aromatic N) is 1. The molecule has 1 fully saturated rings. The van der Waals surface area contributed by atoms with E-state index in [-0.39, 0.29) is 5.91 Å². The molecule has 3 nitrogen and oxygen atoms in total. The number of hydrogen-bond donors (Lipinski definition) is 1. The summed E-state index contributed by atoms with van der Waals surface area (Å²) in [4.78, 5) is 14.1. The SMILES string of the molecule is CCN(CC1CC1)C(=O)CCc1cccc(N)c1. The second-order valence-corrected chi connectivity index (χ2v) is 5.12. The third-order valence-corrected chi connectivity index (χ3v) is 3.49. The predicted octanol–water partition coefficient (Wildman–Crippen LogP) is 2.46. The summed E-state index contributed by atoms with van der Waals surface area (Å²) < 4.78 is 0. The molecule has 3 heteroatoms. The standard InChI is InChI=1S/C15H22N2O/c1-2-17(11-13-6-7-13)15(18)9-8-12-4-3-5-14(16)10-12/h3-5,10,13H,2,6-9,11,16H2,1H3. The second kappa shape index (κ2) is 5.89. The van der Waals surface area contributed by atoms with Crippen molar-refractivity contribution in [1.29, 1.82) is 0 Å². The number of anilines is 1. The summed E-state index contributed by atoms with van der Waals surface area (Å²) in [5.41, 5.74) is 7.64. The molecule has 2 rings (SSSR count). The van der Waals surface area contributed by atoms with Crippen LogP contribution in [0.4, 0.5) is 5.69 Å². The molecule has 0 heterocycles. The fraction of sp³-hybridized carbons (Fsp3) is 0.533. The normalized spacial score (nSPS) is 14.5. The lowest BCUT2D eigenvalue weighted by molar-refractivity contribution is -0.131. The molecule has 0 bridgehead atoms. The molecule has 1 aromatic carbocycles. The van der Waals surface area contributed by atoms with E-state index < -0.39 is 0 Å². The lowest BCUT2D eigenvalue weighted by Crippen LogP contribution is -2.32. The first-order valence-electron chi connectivity index (χ1n) is 6.81. The van der Waals surface area contributed by atoms with E-state index in [1.807, 2.05) is 29.2 Å². The molecular formula is C15H22N2O. The Morgan fingerprint density at radius 1 is 1.44 bits per heavy atom. The van der Waals surface area contributed by atoms with E-state index in [0.717, 1.165) is 36.7 Å². The van der Waals surface area contributed by atoms with Gasteiger partial charge in [-0.1, -0.05) is 12.1 Å². The van der Waals surface area contributed by atoms with Gasteiger partial charge < -0.3 is 10.6 Å². The number of rotatable bonds is 6. The zero-order chi connectivity index (χ0) is 13.0. The zero-order valence-electron chi connectivity index (χ0n) is 11.1. The Bertz CT molecular complexity index is 413. The first-order chi connectivity index (χ1) is 8.69. The third-order valence-electron chi connectivity index (χ3n) is 3.49. The van der Waals surface area contributed by atoms with Crippen molar-refractivity contribution in [2.24, 2.45) is 5.92 Å². The van der Waals surface area contributed by atoms with Crippen LogP contribution in [0.5, 0.6) is 0 Å². The number of hydrogen-bond acceptors (Lipinski definition) is 2. The van der Waals surface area contributed by atoms with Gasteiger partial charge in [0.2, 0.25) is 5.91 Å². The van der Waals surface area contributed by atoms with Crippen molar-refractivity contribution in [2.75, 3.05) is 18.8 Å². The van der Waals surface area contributed by atoms with Gasteiger partial charge in [-0.2, -0.15) is 0 Å². The number of benzene rings is 1. The van der Waals surface area contributed by atoms with Gasteiger partial charge in [0.25, 0.3) is 0 Å². The van der Waals surface area contributed by atoms with Gasteiger partial charge in [0.05, 0.1) is 0 Å². The van der Waals surface area contributed by atoms with Crippen molar-refractivity contribution >= 4 is 11.6 Å². The number of nitrogens with two attached hydrogens (primary N) is 1. The summed E-state index contributed by atoms with van der Waals surface area (Å²) in [7, 11) is 0. The summed E-state index contributed by atoms with van der Waals surface area (Å²) in [6.07, 6.45) is 3.95. The van der Waals surface area contributed by atoms with Crippen LogP contribution in [0.15, 0.2) is 24.3 Å². The molecule has 2 N–H and O–H groups in total. The Labute approximate surface area is 109 Å². The molecule has 98 valence electrons. The molecule has 1 amide bonds. The van der Waals surface area contributed by atoms with Crippen LogP contribution in [0.25, 0.3) is 0 Å². The lowest BCUT2D eigenvalue weighted by Gasteiger charge is -2.20. The number of carbonyl (C=O) groups excluding carboxylic acids is 1. The fourth-order valence-electron chi connectivity index (χ4n) is 2.18. The van der Waals surface area contributed by atoms with Crippen molar-refractivity contribution in [3.05, 3.63) is 29.8 Å². The van der Waals surface area contributed by atoms with Gasteiger partial charge in [0, 0.05) is 25.2 Å². The third kappa shape index (κ3) is 3.76. The van der Waals surface area contributed by atoms with Gasteiger partial charge in [-0.3, -0.25) is 4.79 Å². The molecule has 0 atom stereocenters. The highest BCUT2D eigenvalue weighted by Crippen LogP contribution is 2.29. The van der Waals surface area contributed by atoms with Gasteiger partial charge >= 0.3 is 0 Å². The van der Waals surface area contributed by atoms with Crippen LogP contribution in [0, 0.1) is 5.92 Å². The molecule has 1 aliphatic rings. The molecule has 18 heavy (non-hydrogen) atoms. The van der Waals surface area contributed by atoms with Crippen molar-refractivity contribution in [1.82, 2.24) is 4.90 Å². The Morgan fingerprint density at radius 2 is 2.22 bits per heavy atom. The maximum absolute atomic E-state index is 12.1. The van der Waals surface area contributed by atoms with Crippen LogP contribution in [0.1, 0.15) is 31.7 Å². The van der Waals surface area contributed by atoms with E-state index in [1.165, 1.54) is 12.8 Å². The van der Waals surface area contributed by atoms with Crippen LogP contribution in [0.3, 0.4) is 0 Å². The van der Waals surface area contributed by atoms with E-state index in [9.17, 15) is 4.79 Å². The Morgan fingerprint density at radius 3 is 2.83 bits per heavy atom. The van der Waals surface area contributed by atoms with Crippen LogP contribution in [-0.4, -0.2) is 23.9 Å². The summed E-state index contributed by atoms with van der Waals surface area (Å²) in [6, 6.07) is 7.79. The van der Waals surface area contributed by atoms with Gasteiger partial charge in [0.15, 0.2) is 0 Å². The molecule has 1 aromatic rings. The molecular weight excluding hydrogens is 224 g/mol. The fourth-order valence-corrected chi connectivity index (χ4v) is 2.18. The maximum Gasteiger partial charge on any atom is 0.222 e. The summed E-state index contributed by atoms with van der Waals surface area (Å²) in [5, 5.41) is 0. The van der Waals surface area contributed by atoms with Crippen LogP contribution in [-0.2, 0) is 11.2 Å². The highest BCUT2D eigenvalue weighted by molar-refractivity contribution is 5.76. The number of aryl methyl sites for hydroxylation is 1. The van der Waals surface area contributed by atoms with Crippen molar-refractivity contribution in [3.63, 3.8) is 0 Å². The minimum Gasteiger partial charge on any atom is -0.399 e. The minimum atomic E-state index is 0.270. The summed E-state index contributed by atoms with van der Waals surface area (Å²) in [5.74, 6) is 1.04.